The van der Waals surface area contributed by atoms with Crippen molar-refractivity contribution in [3.8, 4) is 5.75 Å². The van der Waals surface area contributed by atoms with Gasteiger partial charge in [0.25, 0.3) is 11.5 Å². The average Bonchev–Trinajstić information content (AvgIpc) is 3.22. The summed E-state index contributed by atoms with van der Waals surface area (Å²) in [6, 6.07) is 12.7. The highest BCUT2D eigenvalue weighted by atomic mass is 32.1. The summed E-state index contributed by atoms with van der Waals surface area (Å²) in [5, 5.41) is 11.6. The van der Waals surface area contributed by atoms with Crippen LogP contribution >= 0.6 is 11.3 Å². The van der Waals surface area contributed by atoms with Crippen molar-refractivity contribution < 1.29 is 9.53 Å². The number of amides is 1. The van der Waals surface area contributed by atoms with Crippen LogP contribution in [-0.2, 0) is 0 Å². The summed E-state index contributed by atoms with van der Waals surface area (Å²) in [4.78, 5) is 30.8. The van der Waals surface area contributed by atoms with E-state index in [1.807, 2.05) is 24.3 Å². The number of carbonyl (C=O) groups is 1. The number of methoxy groups -OCH3 is 1. The second kappa shape index (κ2) is 8.58. The molecule has 0 saturated heterocycles. The van der Waals surface area contributed by atoms with E-state index in [2.05, 4.69) is 20.7 Å². The molecule has 9 heteroatoms. The third kappa shape index (κ3) is 3.91. The molecule has 32 heavy (non-hydrogen) atoms. The van der Waals surface area contributed by atoms with Gasteiger partial charge in [-0.05, 0) is 43.2 Å². The number of aromatic nitrogens is 3. The summed E-state index contributed by atoms with van der Waals surface area (Å²) in [7, 11) is 1.60. The molecular formula is C23H23N5O3S. The van der Waals surface area contributed by atoms with Crippen LogP contribution in [0.5, 0.6) is 5.75 Å². The number of hydrogen-bond acceptors (Lipinski definition) is 7. The van der Waals surface area contributed by atoms with Gasteiger partial charge >= 0.3 is 0 Å². The summed E-state index contributed by atoms with van der Waals surface area (Å²) in [5.41, 5.74) is 1.47. The molecule has 2 aromatic heterocycles. The fourth-order valence-electron chi connectivity index (χ4n) is 4.08. The Morgan fingerprint density at radius 3 is 2.78 bits per heavy atom. The number of carbonyl (C=O) groups excluding carboxylic acids is 1. The van der Waals surface area contributed by atoms with Gasteiger partial charge in [0, 0.05) is 11.6 Å². The zero-order chi connectivity index (χ0) is 22.1. The molecule has 2 N–H and O–H groups in total. The van der Waals surface area contributed by atoms with E-state index in [9.17, 15) is 9.59 Å². The Bertz CT molecular complexity index is 1360. The molecule has 0 atom stereocenters. The van der Waals surface area contributed by atoms with Gasteiger partial charge in [0.05, 0.1) is 23.7 Å². The molecule has 0 unspecified atom stereocenters. The Balaban J connectivity index is 1.46. The quantitative estimate of drug-likeness (QED) is 0.476. The number of ether oxygens (including phenoxy) is 1. The first kappa shape index (κ1) is 20.4. The van der Waals surface area contributed by atoms with Crippen molar-refractivity contribution in [2.24, 2.45) is 0 Å². The zero-order valence-electron chi connectivity index (χ0n) is 17.6. The molecule has 5 rings (SSSR count). The first-order valence-electron chi connectivity index (χ1n) is 10.7. The van der Waals surface area contributed by atoms with E-state index in [-0.39, 0.29) is 17.5 Å². The highest BCUT2D eigenvalue weighted by Crippen LogP contribution is 2.29. The lowest BCUT2D eigenvalue weighted by molar-refractivity contribution is 0.0928. The van der Waals surface area contributed by atoms with Crippen LogP contribution in [0, 0.1) is 0 Å². The number of nitrogens with one attached hydrogen (secondary N) is 2. The lowest BCUT2D eigenvalue weighted by Gasteiger charge is -2.22. The minimum absolute atomic E-state index is 0.122. The lowest BCUT2D eigenvalue weighted by Crippen LogP contribution is -2.36. The Morgan fingerprint density at radius 2 is 1.97 bits per heavy atom. The number of benzene rings is 2. The highest BCUT2D eigenvalue weighted by Gasteiger charge is 2.18. The summed E-state index contributed by atoms with van der Waals surface area (Å²) in [5.74, 6) is 0.550. The second-order valence-electron chi connectivity index (χ2n) is 7.88. The molecule has 0 bridgehead atoms. The van der Waals surface area contributed by atoms with Gasteiger partial charge < -0.3 is 15.4 Å². The van der Waals surface area contributed by atoms with Crippen LogP contribution in [0.1, 0.15) is 42.5 Å². The summed E-state index contributed by atoms with van der Waals surface area (Å²) in [6.07, 6.45) is 5.56. The molecule has 4 aromatic rings. The highest BCUT2D eigenvalue weighted by molar-refractivity contribution is 7.20. The van der Waals surface area contributed by atoms with E-state index in [0.717, 1.165) is 31.4 Å². The van der Waals surface area contributed by atoms with Crippen molar-refractivity contribution in [2.45, 2.75) is 38.1 Å². The van der Waals surface area contributed by atoms with E-state index in [4.69, 9.17) is 4.74 Å². The smallest absolute Gasteiger partial charge is 0.283 e. The van der Waals surface area contributed by atoms with Gasteiger partial charge in [-0.25, -0.2) is 4.98 Å². The molecule has 1 saturated carbocycles. The van der Waals surface area contributed by atoms with Gasteiger partial charge in [-0.3, -0.25) is 9.59 Å². The standard InChI is InChI=1S/C23H23N5O3S/c1-31-19-10-6-5-9-17(19)25-22-27-28-21(30)16-12-11-14(13-18(16)26-23(28)32-22)20(29)24-15-7-3-2-4-8-15/h5-6,9-13,15H,2-4,7-8H2,1H3,(H,24,29)(H,25,27). The Morgan fingerprint density at radius 1 is 1.16 bits per heavy atom. The predicted molar refractivity (Wildman–Crippen MR) is 125 cm³/mol. The maximum atomic E-state index is 13.0. The minimum Gasteiger partial charge on any atom is -0.495 e. The monoisotopic (exact) mass is 449 g/mol. The number of fused-ring (bicyclic) bond motifs is 2. The predicted octanol–water partition coefficient (Wildman–Crippen LogP) is 4.12. The number of hydrogen-bond donors (Lipinski definition) is 2. The van der Waals surface area contributed by atoms with Crippen molar-refractivity contribution in [3.05, 3.63) is 58.4 Å². The maximum absolute atomic E-state index is 13.0. The van der Waals surface area contributed by atoms with E-state index in [1.165, 1.54) is 22.3 Å². The van der Waals surface area contributed by atoms with Crippen molar-refractivity contribution in [1.82, 2.24) is 19.9 Å². The van der Waals surface area contributed by atoms with E-state index in [0.29, 0.717) is 32.3 Å². The van der Waals surface area contributed by atoms with E-state index in [1.54, 1.807) is 25.3 Å². The van der Waals surface area contributed by atoms with Crippen molar-refractivity contribution >= 4 is 43.9 Å². The van der Waals surface area contributed by atoms with Crippen LogP contribution in [0.3, 0.4) is 0 Å². The SMILES string of the molecule is COc1ccccc1Nc1nn2c(=O)c3ccc(C(=O)NC4CCCCC4)cc3nc2s1. The van der Waals surface area contributed by atoms with Crippen LogP contribution in [0.15, 0.2) is 47.3 Å². The van der Waals surface area contributed by atoms with Crippen molar-refractivity contribution in [3.63, 3.8) is 0 Å². The van der Waals surface area contributed by atoms with Crippen molar-refractivity contribution in [2.75, 3.05) is 12.4 Å². The topological polar surface area (TPSA) is 97.6 Å². The second-order valence-corrected chi connectivity index (χ2v) is 8.84. The van der Waals surface area contributed by atoms with Crippen LogP contribution in [0.25, 0.3) is 15.9 Å². The summed E-state index contributed by atoms with van der Waals surface area (Å²) >= 11 is 1.26. The fraction of sp³-hybridized carbons (Fsp3) is 0.304. The largest absolute Gasteiger partial charge is 0.495 e. The van der Waals surface area contributed by atoms with Gasteiger partial charge in [0.1, 0.15) is 5.75 Å². The number of anilines is 2. The number of rotatable bonds is 5. The van der Waals surface area contributed by atoms with Gasteiger partial charge in [-0.1, -0.05) is 42.7 Å². The Kier molecular flexibility index (Phi) is 5.48. The van der Waals surface area contributed by atoms with E-state index < -0.39 is 0 Å². The molecule has 2 aromatic carbocycles. The van der Waals surface area contributed by atoms with Crippen LogP contribution in [0.2, 0.25) is 0 Å². The van der Waals surface area contributed by atoms with Gasteiger partial charge in [0.15, 0.2) is 0 Å². The number of nitrogens with zero attached hydrogens (tertiary/aromatic N) is 3. The molecule has 0 aliphatic heterocycles. The molecule has 0 spiro atoms. The number of para-hydroxylation sites is 2. The minimum atomic E-state index is -0.270. The van der Waals surface area contributed by atoms with Gasteiger partial charge in [-0.2, -0.15) is 4.52 Å². The van der Waals surface area contributed by atoms with Gasteiger partial charge in [-0.15, -0.1) is 5.10 Å². The molecule has 1 aliphatic rings. The molecule has 8 nitrogen and oxygen atoms in total. The zero-order valence-corrected chi connectivity index (χ0v) is 18.4. The van der Waals surface area contributed by atoms with E-state index >= 15 is 0 Å². The first-order valence-corrected chi connectivity index (χ1v) is 11.5. The Hall–Kier alpha value is -3.46. The molecular weight excluding hydrogens is 426 g/mol. The normalized spacial score (nSPS) is 14.5. The average molecular weight is 450 g/mol. The molecule has 1 aliphatic carbocycles. The third-order valence-corrected chi connectivity index (χ3v) is 6.57. The van der Waals surface area contributed by atoms with Crippen LogP contribution < -0.4 is 20.9 Å². The molecule has 1 fully saturated rings. The Labute approximate surface area is 188 Å². The van der Waals surface area contributed by atoms with Crippen molar-refractivity contribution in [1.29, 1.82) is 0 Å². The van der Waals surface area contributed by atoms with Gasteiger partial charge in [0.2, 0.25) is 10.1 Å². The van der Waals surface area contributed by atoms with Crippen LogP contribution in [0.4, 0.5) is 10.8 Å². The lowest BCUT2D eigenvalue weighted by atomic mass is 9.95. The third-order valence-electron chi connectivity index (χ3n) is 5.75. The molecule has 2 heterocycles. The van der Waals surface area contributed by atoms with Crippen LogP contribution in [-0.4, -0.2) is 33.7 Å². The molecule has 164 valence electrons. The summed E-state index contributed by atoms with van der Waals surface area (Å²) < 4.78 is 6.64. The molecule has 1 amide bonds. The summed E-state index contributed by atoms with van der Waals surface area (Å²) in [6.45, 7) is 0. The molecule has 0 radical (unpaired) electrons. The fourth-order valence-corrected chi connectivity index (χ4v) is 4.89. The first-order chi connectivity index (χ1) is 15.6. The maximum Gasteiger partial charge on any atom is 0.283 e.